The molecular formula is C17H35BrO5Si. The fraction of sp³-hybridized carbons (Fsp3) is 0.882. The largest absolute Gasteiger partial charge is 0.411 e. The van der Waals surface area contributed by atoms with Crippen molar-refractivity contribution in [3.63, 3.8) is 0 Å². The zero-order chi connectivity index (χ0) is 19.0. The Balaban J connectivity index is 4.49. The molecule has 0 aliphatic heterocycles. The van der Waals surface area contributed by atoms with Crippen LogP contribution in [0.1, 0.15) is 34.6 Å². The highest BCUT2D eigenvalue weighted by Crippen LogP contribution is 2.38. The summed E-state index contributed by atoms with van der Waals surface area (Å²) < 4.78 is 22.6. The van der Waals surface area contributed by atoms with E-state index in [0.29, 0.717) is 17.7 Å². The smallest absolute Gasteiger partial charge is 0.192 e. The molecule has 0 saturated heterocycles. The predicted molar refractivity (Wildman–Crippen MR) is 104 cm³/mol. The molecule has 0 unspecified atom stereocenters. The van der Waals surface area contributed by atoms with E-state index < -0.39 is 14.4 Å². The fourth-order valence-corrected chi connectivity index (χ4v) is 3.81. The molecule has 0 radical (unpaired) electrons. The van der Waals surface area contributed by atoms with E-state index in [-0.39, 0.29) is 24.0 Å². The molecule has 0 aromatic heterocycles. The van der Waals surface area contributed by atoms with Gasteiger partial charge < -0.3 is 23.7 Å². The van der Waals surface area contributed by atoms with Crippen LogP contribution in [0, 0.1) is 0 Å². The van der Waals surface area contributed by atoms with Gasteiger partial charge in [0.25, 0.3) is 0 Å². The minimum atomic E-state index is -1.92. The Morgan fingerprint density at radius 3 is 2.29 bits per heavy atom. The summed E-state index contributed by atoms with van der Waals surface area (Å²) in [4.78, 5) is 0. The summed E-state index contributed by atoms with van der Waals surface area (Å²) in [6.45, 7) is 15.9. The number of aliphatic hydroxyl groups is 1. The van der Waals surface area contributed by atoms with Crippen LogP contribution in [0.3, 0.4) is 0 Å². The average molecular weight is 427 g/mol. The number of hydrogen-bond acceptors (Lipinski definition) is 5. The lowest BCUT2D eigenvalue weighted by atomic mass is 10.2. The number of ether oxygens (including phenoxy) is 3. The van der Waals surface area contributed by atoms with Crippen LogP contribution in [0.5, 0.6) is 0 Å². The van der Waals surface area contributed by atoms with Gasteiger partial charge in [-0.1, -0.05) is 36.7 Å². The topological polar surface area (TPSA) is 57.2 Å². The standard InChI is InChI=1S/C17H35BrO5Si/c1-13(22-12-21-10-9-20-6)11-15(18)16(19)14(2)23-24(7,8)17(3,4)5/h11,13-14,16,19H,9-10,12H2,1-8H3/b15-11+/t13-,14-,16-/m0/s1. The normalized spacial score (nSPS) is 17.7. The summed E-state index contributed by atoms with van der Waals surface area (Å²) in [6, 6.07) is 0. The van der Waals surface area contributed by atoms with Crippen molar-refractivity contribution in [3.05, 3.63) is 10.6 Å². The molecule has 0 saturated carbocycles. The summed E-state index contributed by atoms with van der Waals surface area (Å²) in [5, 5.41) is 10.6. The number of hydrogen-bond donors (Lipinski definition) is 1. The lowest BCUT2D eigenvalue weighted by Gasteiger charge is -2.39. The summed E-state index contributed by atoms with van der Waals surface area (Å²) in [5.41, 5.74) is 0. The van der Waals surface area contributed by atoms with Crippen LogP contribution in [-0.2, 0) is 18.6 Å². The molecule has 7 heteroatoms. The van der Waals surface area contributed by atoms with Gasteiger partial charge in [0, 0.05) is 11.6 Å². The number of aliphatic hydroxyl groups excluding tert-OH is 1. The molecule has 0 rings (SSSR count). The Morgan fingerprint density at radius 1 is 1.21 bits per heavy atom. The molecule has 0 fully saturated rings. The molecule has 144 valence electrons. The van der Waals surface area contributed by atoms with Crippen LogP contribution in [0.2, 0.25) is 18.1 Å². The number of halogens is 1. The maximum atomic E-state index is 10.5. The second-order valence-corrected chi connectivity index (χ2v) is 13.1. The van der Waals surface area contributed by atoms with Gasteiger partial charge in [-0.15, -0.1) is 0 Å². The Hall–Kier alpha value is 0.237. The highest BCUT2D eigenvalue weighted by Gasteiger charge is 2.39. The van der Waals surface area contributed by atoms with Gasteiger partial charge in [-0.3, -0.25) is 0 Å². The van der Waals surface area contributed by atoms with Crippen molar-refractivity contribution in [2.75, 3.05) is 27.1 Å². The Morgan fingerprint density at radius 2 is 1.79 bits per heavy atom. The first-order valence-corrected chi connectivity index (χ1v) is 12.0. The van der Waals surface area contributed by atoms with Crippen molar-refractivity contribution in [2.24, 2.45) is 0 Å². The van der Waals surface area contributed by atoms with E-state index in [1.165, 1.54) is 0 Å². The van der Waals surface area contributed by atoms with Crippen LogP contribution < -0.4 is 0 Å². The molecule has 0 bridgehead atoms. The molecule has 0 amide bonds. The van der Waals surface area contributed by atoms with Gasteiger partial charge in [0.05, 0.1) is 25.4 Å². The van der Waals surface area contributed by atoms with E-state index in [9.17, 15) is 5.11 Å². The second-order valence-electron chi connectivity index (χ2n) is 7.47. The first-order chi connectivity index (χ1) is 10.9. The molecule has 3 atom stereocenters. The van der Waals surface area contributed by atoms with Crippen LogP contribution in [-0.4, -0.2) is 58.9 Å². The number of rotatable bonds is 11. The molecule has 0 aromatic rings. The SMILES string of the molecule is COCCOCO[C@@H](C)/C=C(/Br)[C@@H](O)[C@H](C)O[Si](C)(C)C(C)(C)C. The monoisotopic (exact) mass is 426 g/mol. The van der Waals surface area contributed by atoms with Gasteiger partial charge in [0.1, 0.15) is 12.9 Å². The van der Waals surface area contributed by atoms with Crippen molar-refractivity contribution in [1.82, 2.24) is 0 Å². The zero-order valence-electron chi connectivity index (χ0n) is 16.4. The molecule has 0 heterocycles. The van der Waals surface area contributed by atoms with Crippen LogP contribution in [0.4, 0.5) is 0 Å². The lowest BCUT2D eigenvalue weighted by molar-refractivity contribution is -0.0806. The van der Waals surface area contributed by atoms with Gasteiger partial charge in [-0.25, -0.2) is 0 Å². The van der Waals surface area contributed by atoms with Gasteiger partial charge >= 0.3 is 0 Å². The third-order valence-corrected chi connectivity index (χ3v) is 9.56. The Kier molecular flexibility index (Phi) is 11.2. The fourth-order valence-electron chi connectivity index (χ4n) is 1.66. The molecule has 5 nitrogen and oxygen atoms in total. The van der Waals surface area contributed by atoms with Gasteiger partial charge in [0.15, 0.2) is 8.32 Å². The van der Waals surface area contributed by atoms with Crippen molar-refractivity contribution in [2.45, 2.75) is 71.1 Å². The molecule has 0 aromatic carbocycles. The lowest BCUT2D eigenvalue weighted by Crippen LogP contribution is -2.46. The minimum absolute atomic E-state index is 0.104. The summed E-state index contributed by atoms with van der Waals surface area (Å²) in [6.07, 6.45) is 0.633. The third-order valence-electron chi connectivity index (χ3n) is 4.25. The predicted octanol–water partition coefficient (Wildman–Crippen LogP) is 4.06. The zero-order valence-corrected chi connectivity index (χ0v) is 19.0. The summed E-state index contributed by atoms with van der Waals surface area (Å²) >= 11 is 3.44. The molecule has 1 N–H and O–H groups in total. The number of methoxy groups -OCH3 is 1. The first-order valence-electron chi connectivity index (χ1n) is 8.33. The van der Waals surface area contributed by atoms with Crippen LogP contribution in [0.15, 0.2) is 10.6 Å². The van der Waals surface area contributed by atoms with Crippen molar-refractivity contribution in [1.29, 1.82) is 0 Å². The Labute approximate surface area is 157 Å². The summed E-state index contributed by atoms with van der Waals surface area (Å²) in [7, 11) is -0.295. The molecule has 0 aliphatic carbocycles. The maximum Gasteiger partial charge on any atom is 0.192 e. The van der Waals surface area contributed by atoms with E-state index >= 15 is 0 Å². The van der Waals surface area contributed by atoms with Gasteiger partial charge in [0.2, 0.25) is 0 Å². The minimum Gasteiger partial charge on any atom is -0.411 e. The quantitative estimate of drug-likeness (QED) is 0.306. The first kappa shape index (κ1) is 24.2. The molecular weight excluding hydrogens is 392 g/mol. The Bertz CT molecular complexity index is 382. The third kappa shape index (κ3) is 9.08. The van der Waals surface area contributed by atoms with E-state index in [2.05, 4.69) is 49.8 Å². The molecule has 0 aliphatic rings. The van der Waals surface area contributed by atoms with Gasteiger partial charge in [-0.05, 0) is 38.1 Å². The highest BCUT2D eigenvalue weighted by molar-refractivity contribution is 9.11. The van der Waals surface area contributed by atoms with Crippen molar-refractivity contribution < 1.29 is 23.7 Å². The van der Waals surface area contributed by atoms with Crippen LogP contribution >= 0.6 is 15.9 Å². The average Bonchev–Trinajstić information content (AvgIpc) is 2.44. The van der Waals surface area contributed by atoms with Gasteiger partial charge in [-0.2, -0.15) is 0 Å². The van der Waals surface area contributed by atoms with E-state index in [0.717, 1.165) is 0 Å². The highest BCUT2D eigenvalue weighted by atomic mass is 79.9. The van der Waals surface area contributed by atoms with Crippen molar-refractivity contribution in [3.8, 4) is 0 Å². The molecule has 24 heavy (non-hydrogen) atoms. The second kappa shape index (κ2) is 11.1. The summed E-state index contributed by atoms with van der Waals surface area (Å²) in [5.74, 6) is 0. The maximum absolute atomic E-state index is 10.5. The van der Waals surface area contributed by atoms with E-state index in [1.807, 2.05) is 19.9 Å². The van der Waals surface area contributed by atoms with E-state index in [1.54, 1.807) is 7.11 Å². The van der Waals surface area contributed by atoms with E-state index in [4.69, 9.17) is 18.6 Å². The van der Waals surface area contributed by atoms with Crippen LogP contribution in [0.25, 0.3) is 0 Å². The van der Waals surface area contributed by atoms with Crippen molar-refractivity contribution >= 4 is 24.2 Å². The molecule has 0 spiro atoms.